The van der Waals surface area contributed by atoms with Crippen molar-refractivity contribution < 1.29 is 18.0 Å². The number of Topliss-reactive ketones (excluding diaryl/α,β-unsaturated/α-hetero) is 1. The van der Waals surface area contributed by atoms with Crippen LogP contribution in [0.1, 0.15) is 64.7 Å². The molecule has 0 radical (unpaired) electrons. The Bertz CT molecular complexity index is 974. The lowest BCUT2D eigenvalue weighted by atomic mass is 9.67. The number of rotatable bonds is 6. The minimum atomic E-state index is -3.60. The number of carbonyl (C=O) groups is 2. The van der Waals surface area contributed by atoms with E-state index >= 15 is 0 Å². The molecule has 0 heterocycles. The van der Waals surface area contributed by atoms with Crippen LogP contribution in [0.4, 0.5) is 5.69 Å². The summed E-state index contributed by atoms with van der Waals surface area (Å²) in [6, 6.07) is 6.37. The molecule has 4 fully saturated rings. The van der Waals surface area contributed by atoms with Crippen molar-refractivity contribution in [3.63, 3.8) is 0 Å². The van der Waals surface area contributed by atoms with Crippen molar-refractivity contribution in [2.75, 3.05) is 5.32 Å². The van der Waals surface area contributed by atoms with E-state index < -0.39 is 10.0 Å². The van der Waals surface area contributed by atoms with Crippen LogP contribution < -0.4 is 10.0 Å². The van der Waals surface area contributed by atoms with Gasteiger partial charge in [0.25, 0.3) is 0 Å². The monoisotopic (exact) mass is 458 g/mol. The van der Waals surface area contributed by atoms with E-state index in [9.17, 15) is 18.0 Å². The zero-order valence-corrected chi connectivity index (χ0v) is 19.6. The molecule has 174 valence electrons. The Kier molecular flexibility index (Phi) is 5.91. The van der Waals surface area contributed by atoms with Gasteiger partial charge in [-0.2, -0.15) is 0 Å². The van der Waals surface area contributed by atoms with Crippen LogP contribution in [-0.4, -0.2) is 26.2 Å². The molecule has 32 heavy (non-hydrogen) atoms. The van der Waals surface area contributed by atoms with Crippen LogP contribution in [0.25, 0.3) is 0 Å². The van der Waals surface area contributed by atoms with E-state index in [1.165, 1.54) is 19.3 Å². The Morgan fingerprint density at radius 2 is 1.66 bits per heavy atom. The summed E-state index contributed by atoms with van der Waals surface area (Å²) in [5, 5.41) is 2.93. The summed E-state index contributed by atoms with van der Waals surface area (Å²) in [4.78, 5) is 25.3. The SMILES string of the molecule is CC(NS(=O)(=O)c1ccc(NC(=O)C2CC3CCCC(C2)C3=O)cc1)C1CC2CCC1C2. The number of anilines is 1. The average molecular weight is 459 g/mol. The average Bonchev–Trinajstić information content (AvgIpc) is 3.37. The Morgan fingerprint density at radius 3 is 2.25 bits per heavy atom. The van der Waals surface area contributed by atoms with Crippen LogP contribution in [0.2, 0.25) is 0 Å². The molecule has 6 atom stereocenters. The van der Waals surface area contributed by atoms with Crippen molar-refractivity contribution >= 4 is 27.4 Å². The maximum atomic E-state index is 12.9. The van der Waals surface area contributed by atoms with Crippen molar-refractivity contribution in [2.45, 2.75) is 75.6 Å². The minimum Gasteiger partial charge on any atom is -0.326 e. The first-order chi connectivity index (χ1) is 15.3. The number of amides is 1. The Hall–Kier alpha value is -1.73. The molecule has 4 aliphatic carbocycles. The van der Waals surface area contributed by atoms with Gasteiger partial charge >= 0.3 is 0 Å². The number of nitrogens with one attached hydrogen (secondary N) is 2. The summed E-state index contributed by atoms with van der Waals surface area (Å²) in [5.74, 6) is 2.09. The Morgan fingerprint density at radius 1 is 0.969 bits per heavy atom. The van der Waals surface area contributed by atoms with Crippen molar-refractivity contribution in [1.29, 1.82) is 0 Å². The lowest BCUT2D eigenvalue weighted by Crippen LogP contribution is -2.40. The molecule has 1 amide bonds. The maximum absolute atomic E-state index is 12.9. The quantitative estimate of drug-likeness (QED) is 0.671. The van der Waals surface area contributed by atoms with Gasteiger partial charge in [-0.3, -0.25) is 9.59 Å². The summed E-state index contributed by atoms with van der Waals surface area (Å²) in [6.07, 6.45) is 9.07. The lowest BCUT2D eigenvalue weighted by molar-refractivity contribution is -0.136. The zero-order valence-electron chi connectivity index (χ0n) is 18.8. The second kappa shape index (κ2) is 8.56. The summed E-state index contributed by atoms with van der Waals surface area (Å²) in [6.45, 7) is 1.99. The number of ketones is 1. The van der Waals surface area contributed by atoms with E-state index in [-0.39, 0.29) is 34.6 Å². The van der Waals surface area contributed by atoms with Crippen molar-refractivity contribution in [3.8, 4) is 0 Å². The normalized spacial score (nSPS) is 35.0. The standard InChI is InChI=1S/C25H34N2O4S/c1-15(23-12-16-5-6-17(23)11-16)27-32(30,31)22-9-7-21(8-10-22)26-25(29)20-13-18-3-2-4-19(14-20)24(18)28/h7-10,15-20,23,27H,2-6,11-14H2,1H3,(H,26,29). The summed E-state index contributed by atoms with van der Waals surface area (Å²) in [5.41, 5.74) is 0.595. The molecule has 0 spiro atoms. The van der Waals surface area contributed by atoms with E-state index in [4.69, 9.17) is 0 Å². The Labute approximate surface area is 191 Å². The highest BCUT2D eigenvalue weighted by atomic mass is 32.2. The van der Waals surface area contributed by atoms with Gasteiger partial charge in [-0.05, 0) is 93.9 Å². The second-order valence-electron chi connectivity index (χ2n) is 10.7. The molecule has 0 aromatic heterocycles. The van der Waals surface area contributed by atoms with Crippen LogP contribution in [0.3, 0.4) is 0 Å². The fourth-order valence-corrected chi connectivity index (χ4v) is 8.26. The highest BCUT2D eigenvalue weighted by Gasteiger charge is 2.43. The number of hydrogen-bond acceptors (Lipinski definition) is 4. The minimum absolute atomic E-state index is 0.0360. The number of fused-ring (bicyclic) bond motifs is 4. The smallest absolute Gasteiger partial charge is 0.240 e. The first-order valence-electron chi connectivity index (χ1n) is 12.3. The molecule has 6 unspecified atom stereocenters. The summed E-state index contributed by atoms with van der Waals surface area (Å²) < 4.78 is 28.7. The first-order valence-corrected chi connectivity index (χ1v) is 13.8. The molecule has 4 saturated carbocycles. The molecule has 5 rings (SSSR count). The fourth-order valence-electron chi connectivity index (χ4n) is 6.96. The van der Waals surface area contributed by atoms with Gasteiger partial charge in [0.05, 0.1) is 4.90 Å². The van der Waals surface area contributed by atoms with E-state index in [0.29, 0.717) is 36.1 Å². The maximum Gasteiger partial charge on any atom is 0.240 e. The van der Waals surface area contributed by atoms with E-state index in [0.717, 1.165) is 31.6 Å². The van der Waals surface area contributed by atoms with Gasteiger partial charge in [0.2, 0.25) is 15.9 Å². The lowest BCUT2D eigenvalue weighted by Gasteiger charge is -2.36. The molecule has 4 aliphatic rings. The van der Waals surface area contributed by atoms with Crippen LogP contribution in [0, 0.1) is 35.5 Å². The number of carbonyl (C=O) groups excluding carboxylic acids is 2. The first kappa shape index (κ1) is 22.1. The molecule has 4 bridgehead atoms. The van der Waals surface area contributed by atoms with Crippen molar-refractivity contribution in [2.24, 2.45) is 35.5 Å². The highest BCUT2D eigenvalue weighted by molar-refractivity contribution is 7.89. The summed E-state index contributed by atoms with van der Waals surface area (Å²) in [7, 11) is -3.60. The predicted octanol–water partition coefficient (Wildman–Crippen LogP) is 4.12. The van der Waals surface area contributed by atoms with Crippen LogP contribution >= 0.6 is 0 Å². The Balaban J connectivity index is 1.19. The van der Waals surface area contributed by atoms with Crippen molar-refractivity contribution in [1.82, 2.24) is 4.72 Å². The van der Waals surface area contributed by atoms with Gasteiger partial charge in [-0.25, -0.2) is 13.1 Å². The van der Waals surface area contributed by atoms with E-state index in [2.05, 4.69) is 10.0 Å². The third-order valence-electron chi connectivity index (χ3n) is 8.63. The molecule has 1 aromatic carbocycles. The largest absolute Gasteiger partial charge is 0.326 e. The number of hydrogen-bond donors (Lipinski definition) is 2. The second-order valence-corrected chi connectivity index (χ2v) is 12.4. The molecular weight excluding hydrogens is 424 g/mol. The molecular formula is C25H34N2O4S. The van der Waals surface area contributed by atoms with Crippen molar-refractivity contribution in [3.05, 3.63) is 24.3 Å². The third kappa shape index (κ3) is 4.26. The zero-order chi connectivity index (χ0) is 22.5. The molecule has 2 N–H and O–H groups in total. The van der Waals surface area contributed by atoms with Gasteiger partial charge in [0.1, 0.15) is 5.78 Å². The van der Waals surface area contributed by atoms with E-state index in [1.54, 1.807) is 24.3 Å². The molecule has 1 aromatic rings. The fraction of sp³-hybridized carbons (Fsp3) is 0.680. The van der Waals surface area contributed by atoms with E-state index in [1.807, 2.05) is 6.92 Å². The molecule has 0 aliphatic heterocycles. The molecule has 6 nitrogen and oxygen atoms in total. The number of sulfonamides is 1. The van der Waals surface area contributed by atoms with Gasteiger partial charge in [-0.1, -0.05) is 12.8 Å². The van der Waals surface area contributed by atoms with Gasteiger partial charge in [0.15, 0.2) is 0 Å². The van der Waals surface area contributed by atoms with Crippen LogP contribution in [0.5, 0.6) is 0 Å². The topological polar surface area (TPSA) is 92.3 Å². The summed E-state index contributed by atoms with van der Waals surface area (Å²) >= 11 is 0. The third-order valence-corrected chi connectivity index (χ3v) is 10.2. The van der Waals surface area contributed by atoms with Gasteiger partial charge in [-0.15, -0.1) is 0 Å². The number of benzene rings is 1. The molecule has 7 heteroatoms. The predicted molar refractivity (Wildman–Crippen MR) is 122 cm³/mol. The highest BCUT2D eigenvalue weighted by Crippen LogP contribution is 2.49. The van der Waals surface area contributed by atoms with Crippen LogP contribution in [-0.2, 0) is 19.6 Å². The van der Waals surface area contributed by atoms with Crippen LogP contribution in [0.15, 0.2) is 29.2 Å². The van der Waals surface area contributed by atoms with Gasteiger partial charge < -0.3 is 5.32 Å². The molecule has 0 saturated heterocycles. The van der Waals surface area contributed by atoms with Gasteiger partial charge in [0, 0.05) is 29.5 Å².